The van der Waals surface area contributed by atoms with Gasteiger partial charge in [0.05, 0.1) is 17.7 Å². The van der Waals surface area contributed by atoms with Crippen LogP contribution in [0.4, 0.5) is 0 Å². The van der Waals surface area contributed by atoms with Crippen molar-refractivity contribution in [3.05, 3.63) is 29.6 Å². The molecule has 0 bridgehead atoms. The number of nitrogens with one attached hydrogen (secondary N) is 1. The van der Waals surface area contributed by atoms with Crippen LogP contribution in [-0.2, 0) is 11.3 Å². The smallest absolute Gasteiger partial charge is 0.230 e. The standard InChI is InChI=1S/C16H25N3O/c1-4-16(9-10-17-12-16)15(20)19(5-2)11-14-8-6-7-13(3)18-14/h6-8,17H,4-5,9-12H2,1-3H3. The number of carbonyl (C=O) groups is 1. The van der Waals surface area contributed by atoms with Crippen LogP contribution >= 0.6 is 0 Å². The maximum Gasteiger partial charge on any atom is 0.230 e. The Bertz CT molecular complexity index is 467. The van der Waals surface area contributed by atoms with Crippen LogP contribution in [0.25, 0.3) is 0 Å². The average molecular weight is 275 g/mol. The molecular weight excluding hydrogens is 250 g/mol. The van der Waals surface area contributed by atoms with Gasteiger partial charge in [-0.25, -0.2) is 0 Å². The van der Waals surface area contributed by atoms with E-state index in [2.05, 4.69) is 17.2 Å². The lowest BCUT2D eigenvalue weighted by molar-refractivity contribution is -0.141. The summed E-state index contributed by atoms with van der Waals surface area (Å²) >= 11 is 0. The van der Waals surface area contributed by atoms with E-state index in [-0.39, 0.29) is 11.3 Å². The Morgan fingerprint density at radius 3 is 2.80 bits per heavy atom. The minimum absolute atomic E-state index is 0.208. The number of hydrogen-bond donors (Lipinski definition) is 1. The van der Waals surface area contributed by atoms with E-state index in [4.69, 9.17) is 0 Å². The summed E-state index contributed by atoms with van der Waals surface area (Å²) in [5, 5.41) is 3.33. The van der Waals surface area contributed by atoms with Crippen molar-refractivity contribution in [3.63, 3.8) is 0 Å². The first kappa shape index (κ1) is 15.0. The van der Waals surface area contributed by atoms with Gasteiger partial charge in [0.15, 0.2) is 0 Å². The predicted molar refractivity (Wildman–Crippen MR) is 80.3 cm³/mol. The van der Waals surface area contributed by atoms with Gasteiger partial charge in [0.25, 0.3) is 0 Å². The van der Waals surface area contributed by atoms with Crippen LogP contribution in [0.3, 0.4) is 0 Å². The van der Waals surface area contributed by atoms with Gasteiger partial charge in [-0.3, -0.25) is 9.78 Å². The van der Waals surface area contributed by atoms with Crippen molar-refractivity contribution >= 4 is 5.91 Å². The molecule has 1 amide bonds. The Kier molecular flexibility index (Phi) is 4.76. The predicted octanol–water partition coefficient (Wildman–Crippen LogP) is 2.13. The summed E-state index contributed by atoms with van der Waals surface area (Å²) < 4.78 is 0. The molecule has 4 nitrogen and oxygen atoms in total. The quantitative estimate of drug-likeness (QED) is 0.895. The molecule has 110 valence electrons. The second kappa shape index (κ2) is 6.35. The molecule has 1 N–H and O–H groups in total. The van der Waals surface area contributed by atoms with Gasteiger partial charge in [-0.1, -0.05) is 13.0 Å². The van der Waals surface area contributed by atoms with E-state index >= 15 is 0 Å². The van der Waals surface area contributed by atoms with Crippen LogP contribution in [0.1, 0.15) is 38.1 Å². The van der Waals surface area contributed by atoms with Crippen molar-refractivity contribution < 1.29 is 4.79 Å². The second-order valence-corrected chi connectivity index (χ2v) is 5.65. The topological polar surface area (TPSA) is 45.2 Å². The van der Waals surface area contributed by atoms with Crippen LogP contribution < -0.4 is 5.32 Å². The Balaban J connectivity index is 2.13. The van der Waals surface area contributed by atoms with Gasteiger partial charge in [0, 0.05) is 18.8 Å². The van der Waals surface area contributed by atoms with Crippen LogP contribution in [0, 0.1) is 12.3 Å². The molecule has 0 saturated carbocycles. The van der Waals surface area contributed by atoms with E-state index in [0.29, 0.717) is 6.54 Å². The molecule has 2 heterocycles. The zero-order chi connectivity index (χ0) is 14.6. The molecule has 1 fully saturated rings. The summed E-state index contributed by atoms with van der Waals surface area (Å²) in [6.07, 6.45) is 1.84. The van der Waals surface area contributed by atoms with E-state index in [0.717, 1.165) is 43.9 Å². The number of pyridine rings is 1. The number of aryl methyl sites for hydroxylation is 1. The lowest BCUT2D eigenvalue weighted by atomic mass is 9.82. The summed E-state index contributed by atoms with van der Waals surface area (Å²) in [4.78, 5) is 19.3. The molecule has 0 aliphatic carbocycles. The number of carbonyl (C=O) groups excluding carboxylic acids is 1. The second-order valence-electron chi connectivity index (χ2n) is 5.65. The van der Waals surface area contributed by atoms with Gasteiger partial charge in [-0.15, -0.1) is 0 Å². The largest absolute Gasteiger partial charge is 0.337 e. The van der Waals surface area contributed by atoms with Crippen molar-refractivity contribution in [2.24, 2.45) is 5.41 Å². The van der Waals surface area contributed by atoms with Gasteiger partial charge in [0.1, 0.15) is 0 Å². The maximum atomic E-state index is 12.9. The summed E-state index contributed by atoms with van der Waals surface area (Å²) in [5.74, 6) is 0.274. The van der Waals surface area contributed by atoms with E-state index in [1.54, 1.807) is 0 Å². The van der Waals surface area contributed by atoms with Crippen LogP contribution in [0.15, 0.2) is 18.2 Å². The summed E-state index contributed by atoms with van der Waals surface area (Å²) in [6.45, 7) is 9.23. The molecule has 1 aromatic heterocycles. The first-order valence-corrected chi connectivity index (χ1v) is 7.54. The molecule has 1 unspecified atom stereocenters. The first-order valence-electron chi connectivity index (χ1n) is 7.54. The minimum Gasteiger partial charge on any atom is -0.337 e. The average Bonchev–Trinajstić information content (AvgIpc) is 2.94. The van der Waals surface area contributed by atoms with E-state index in [1.807, 2.05) is 36.9 Å². The third-order valence-corrected chi connectivity index (χ3v) is 4.34. The van der Waals surface area contributed by atoms with Crippen LogP contribution in [0.2, 0.25) is 0 Å². The number of amides is 1. The van der Waals surface area contributed by atoms with Crippen molar-refractivity contribution in [3.8, 4) is 0 Å². The highest BCUT2D eigenvalue weighted by Gasteiger charge is 2.41. The zero-order valence-corrected chi connectivity index (χ0v) is 12.8. The maximum absolute atomic E-state index is 12.9. The highest BCUT2D eigenvalue weighted by molar-refractivity contribution is 5.83. The van der Waals surface area contributed by atoms with Gasteiger partial charge in [0.2, 0.25) is 5.91 Å². The lowest BCUT2D eigenvalue weighted by Crippen LogP contribution is -2.44. The molecule has 4 heteroatoms. The molecule has 2 rings (SSSR count). The molecule has 1 saturated heterocycles. The van der Waals surface area contributed by atoms with Crippen molar-refractivity contribution in [1.29, 1.82) is 0 Å². The molecule has 1 aliphatic rings. The summed E-state index contributed by atoms with van der Waals surface area (Å²) in [6, 6.07) is 5.98. The molecule has 0 radical (unpaired) electrons. The molecule has 1 aromatic rings. The van der Waals surface area contributed by atoms with Crippen molar-refractivity contribution in [2.45, 2.75) is 40.2 Å². The van der Waals surface area contributed by atoms with Gasteiger partial charge < -0.3 is 10.2 Å². The van der Waals surface area contributed by atoms with Gasteiger partial charge in [-0.05, 0) is 45.4 Å². The number of aromatic nitrogens is 1. The zero-order valence-electron chi connectivity index (χ0n) is 12.8. The molecule has 1 atom stereocenters. The SMILES string of the molecule is CCN(Cc1cccc(C)n1)C(=O)C1(CC)CCNC1. The minimum atomic E-state index is -0.208. The number of rotatable bonds is 5. The molecular formula is C16H25N3O. The lowest BCUT2D eigenvalue weighted by Gasteiger charge is -2.32. The fourth-order valence-corrected chi connectivity index (χ4v) is 2.92. The fourth-order valence-electron chi connectivity index (χ4n) is 2.92. The van der Waals surface area contributed by atoms with E-state index in [9.17, 15) is 4.79 Å². The summed E-state index contributed by atoms with van der Waals surface area (Å²) in [5.41, 5.74) is 1.76. The molecule has 0 aromatic carbocycles. The van der Waals surface area contributed by atoms with Gasteiger partial charge in [-0.2, -0.15) is 0 Å². The Morgan fingerprint density at radius 1 is 1.45 bits per heavy atom. The van der Waals surface area contributed by atoms with E-state index < -0.39 is 0 Å². The van der Waals surface area contributed by atoms with E-state index in [1.165, 1.54) is 0 Å². The fraction of sp³-hybridized carbons (Fsp3) is 0.625. The highest BCUT2D eigenvalue weighted by Crippen LogP contribution is 2.32. The first-order chi connectivity index (χ1) is 9.61. The monoisotopic (exact) mass is 275 g/mol. The molecule has 0 spiro atoms. The molecule has 1 aliphatic heterocycles. The third-order valence-electron chi connectivity index (χ3n) is 4.34. The summed E-state index contributed by atoms with van der Waals surface area (Å²) in [7, 11) is 0. The van der Waals surface area contributed by atoms with Crippen LogP contribution in [0.5, 0.6) is 0 Å². The normalized spacial score (nSPS) is 21.9. The Morgan fingerprint density at radius 2 is 2.25 bits per heavy atom. The van der Waals surface area contributed by atoms with Crippen LogP contribution in [-0.4, -0.2) is 35.4 Å². The van der Waals surface area contributed by atoms with Crippen molar-refractivity contribution in [2.75, 3.05) is 19.6 Å². The Hall–Kier alpha value is -1.42. The Labute approximate surface area is 121 Å². The highest BCUT2D eigenvalue weighted by atomic mass is 16.2. The van der Waals surface area contributed by atoms with Crippen molar-refractivity contribution in [1.82, 2.24) is 15.2 Å². The van der Waals surface area contributed by atoms with Gasteiger partial charge >= 0.3 is 0 Å². The molecule has 20 heavy (non-hydrogen) atoms. The third kappa shape index (κ3) is 3.01. The number of nitrogens with zero attached hydrogens (tertiary/aromatic N) is 2. The number of hydrogen-bond acceptors (Lipinski definition) is 3.